The van der Waals surface area contributed by atoms with E-state index in [0.29, 0.717) is 5.47 Å². The van der Waals surface area contributed by atoms with Crippen molar-refractivity contribution in [3.63, 3.8) is 0 Å². The second-order valence-electron chi connectivity index (χ2n) is 2.55. The van der Waals surface area contributed by atoms with Gasteiger partial charge in [-0.05, 0) is 18.8 Å². The predicted octanol–water partition coefficient (Wildman–Crippen LogP) is 0.831. The first-order chi connectivity index (χ1) is 5.22. The Bertz CT molecular complexity index is 226. The van der Waals surface area contributed by atoms with Crippen LogP contribution in [0.4, 0.5) is 0 Å². The molecule has 58 valence electrons. The Balaban J connectivity index is 2.94. The maximum Gasteiger partial charge on any atom is 0.488 e. The zero-order chi connectivity index (χ0) is 8.27. The molecule has 1 rings (SSSR count). The van der Waals surface area contributed by atoms with Gasteiger partial charge in [-0.2, -0.15) is 0 Å². The van der Waals surface area contributed by atoms with Crippen molar-refractivity contribution in [2.24, 2.45) is 0 Å². The molecule has 0 unspecified atom stereocenters. The number of hydrogen-bond donors (Lipinski definition) is 2. The topological polar surface area (TPSA) is 40.5 Å². The van der Waals surface area contributed by atoms with E-state index in [-0.39, 0.29) is 0 Å². The highest BCUT2D eigenvalue weighted by Crippen LogP contribution is 2.12. The van der Waals surface area contributed by atoms with Crippen molar-refractivity contribution in [1.82, 2.24) is 0 Å². The summed E-state index contributed by atoms with van der Waals surface area (Å²) in [6, 6.07) is 0. The summed E-state index contributed by atoms with van der Waals surface area (Å²) in [6.45, 7) is 1.86. The van der Waals surface area contributed by atoms with Crippen LogP contribution in [0.3, 0.4) is 0 Å². The molecule has 0 atom stereocenters. The highest BCUT2D eigenvalue weighted by Gasteiger charge is 2.13. The number of allylic oxidation sites excluding steroid dienone is 6. The Labute approximate surface area is 66.7 Å². The molecular formula is C8H11BO2. The van der Waals surface area contributed by atoms with E-state index in [1.54, 1.807) is 6.08 Å². The highest BCUT2D eigenvalue weighted by atomic mass is 16.4. The third-order valence-corrected chi connectivity index (χ3v) is 1.67. The Morgan fingerprint density at radius 1 is 1.27 bits per heavy atom. The van der Waals surface area contributed by atoms with E-state index >= 15 is 0 Å². The van der Waals surface area contributed by atoms with Crippen molar-refractivity contribution in [3.8, 4) is 0 Å². The van der Waals surface area contributed by atoms with Crippen LogP contribution >= 0.6 is 0 Å². The van der Waals surface area contributed by atoms with E-state index in [2.05, 4.69) is 0 Å². The molecular weight excluding hydrogens is 139 g/mol. The molecule has 0 radical (unpaired) electrons. The van der Waals surface area contributed by atoms with E-state index < -0.39 is 7.12 Å². The third-order valence-electron chi connectivity index (χ3n) is 1.67. The quantitative estimate of drug-likeness (QED) is 0.543. The van der Waals surface area contributed by atoms with Gasteiger partial charge in [0.25, 0.3) is 0 Å². The van der Waals surface area contributed by atoms with Gasteiger partial charge in [0.1, 0.15) is 0 Å². The molecule has 0 aromatic heterocycles. The van der Waals surface area contributed by atoms with Crippen LogP contribution in [0, 0.1) is 0 Å². The number of hydrogen-bond acceptors (Lipinski definition) is 2. The number of rotatable bonds is 1. The van der Waals surface area contributed by atoms with Crippen LogP contribution in [-0.2, 0) is 0 Å². The van der Waals surface area contributed by atoms with E-state index in [9.17, 15) is 0 Å². The first-order valence-corrected chi connectivity index (χ1v) is 3.62. The second-order valence-corrected chi connectivity index (χ2v) is 2.55. The van der Waals surface area contributed by atoms with Gasteiger partial charge in [-0.1, -0.05) is 29.9 Å². The minimum atomic E-state index is -1.35. The monoisotopic (exact) mass is 150 g/mol. The van der Waals surface area contributed by atoms with E-state index in [1.807, 2.05) is 25.2 Å². The van der Waals surface area contributed by atoms with Crippen molar-refractivity contribution < 1.29 is 10.0 Å². The Kier molecular flexibility index (Phi) is 2.68. The molecule has 2 N–H and O–H groups in total. The normalized spacial score (nSPS) is 17.0. The SMILES string of the molecule is CC1=C(B(O)O)C=CCC=C1. The van der Waals surface area contributed by atoms with Crippen molar-refractivity contribution >= 4 is 7.12 Å². The molecule has 0 saturated carbocycles. The molecule has 0 saturated heterocycles. The van der Waals surface area contributed by atoms with Gasteiger partial charge in [-0.15, -0.1) is 0 Å². The van der Waals surface area contributed by atoms with E-state index in [0.717, 1.165) is 12.0 Å². The summed E-state index contributed by atoms with van der Waals surface area (Å²) < 4.78 is 0. The Morgan fingerprint density at radius 2 is 1.91 bits per heavy atom. The summed E-state index contributed by atoms with van der Waals surface area (Å²) in [6.07, 6.45) is 8.39. The van der Waals surface area contributed by atoms with Gasteiger partial charge in [0.15, 0.2) is 0 Å². The van der Waals surface area contributed by atoms with Crippen LogP contribution in [0.1, 0.15) is 13.3 Å². The van der Waals surface area contributed by atoms with Crippen LogP contribution in [0.2, 0.25) is 0 Å². The zero-order valence-electron chi connectivity index (χ0n) is 6.49. The predicted molar refractivity (Wildman–Crippen MR) is 45.8 cm³/mol. The lowest BCUT2D eigenvalue weighted by molar-refractivity contribution is 0.420. The van der Waals surface area contributed by atoms with E-state index in [1.165, 1.54) is 0 Å². The van der Waals surface area contributed by atoms with Gasteiger partial charge < -0.3 is 10.0 Å². The fraction of sp³-hybridized carbons (Fsp3) is 0.250. The molecule has 1 aliphatic carbocycles. The molecule has 0 aliphatic heterocycles. The van der Waals surface area contributed by atoms with E-state index in [4.69, 9.17) is 10.0 Å². The van der Waals surface area contributed by atoms with Gasteiger partial charge >= 0.3 is 7.12 Å². The van der Waals surface area contributed by atoms with Crippen LogP contribution in [0.15, 0.2) is 35.3 Å². The molecule has 11 heavy (non-hydrogen) atoms. The molecule has 0 bridgehead atoms. The summed E-state index contributed by atoms with van der Waals surface area (Å²) in [5, 5.41) is 17.8. The Hall–Kier alpha value is -0.795. The lowest BCUT2D eigenvalue weighted by Gasteiger charge is -2.01. The second kappa shape index (κ2) is 3.55. The molecule has 3 heteroatoms. The molecule has 0 heterocycles. The fourth-order valence-electron chi connectivity index (χ4n) is 1.04. The smallest absolute Gasteiger partial charge is 0.423 e. The average molecular weight is 150 g/mol. The summed E-state index contributed by atoms with van der Waals surface area (Å²) in [7, 11) is -1.35. The Morgan fingerprint density at radius 3 is 2.55 bits per heavy atom. The molecule has 0 fully saturated rings. The molecule has 0 aromatic rings. The van der Waals surface area contributed by atoms with Crippen LogP contribution < -0.4 is 0 Å². The van der Waals surface area contributed by atoms with Crippen molar-refractivity contribution in [3.05, 3.63) is 35.3 Å². The standard InChI is InChI=1S/C8H11BO2/c1-7-5-3-2-4-6-8(7)9(10)11/h3-6,10-11H,2H2,1H3. The molecule has 0 amide bonds. The van der Waals surface area contributed by atoms with Crippen molar-refractivity contribution in [2.45, 2.75) is 13.3 Å². The first-order valence-electron chi connectivity index (χ1n) is 3.62. The largest absolute Gasteiger partial charge is 0.488 e. The zero-order valence-corrected chi connectivity index (χ0v) is 6.49. The van der Waals surface area contributed by atoms with Crippen LogP contribution in [0.25, 0.3) is 0 Å². The lowest BCUT2D eigenvalue weighted by atomic mass is 9.76. The van der Waals surface area contributed by atoms with Gasteiger partial charge in [-0.3, -0.25) is 0 Å². The van der Waals surface area contributed by atoms with Gasteiger partial charge in [0.2, 0.25) is 0 Å². The van der Waals surface area contributed by atoms with Gasteiger partial charge in [0.05, 0.1) is 0 Å². The molecule has 2 nitrogen and oxygen atoms in total. The average Bonchev–Trinajstić information content (AvgIpc) is 2.13. The van der Waals surface area contributed by atoms with Crippen LogP contribution in [0.5, 0.6) is 0 Å². The summed E-state index contributed by atoms with van der Waals surface area (Å²) in [4.78, 5) is 0. The maximum absolute atomic E-state index is 8.89. The first kappa shape index (κ1) is 8.30. The van der Waals surface area contributed by atoms with Crippen molar-refractivity contribution in [1.29, 1.82) is 0 Å². The third kappa shape index (κ3) is 2.07. The molecule has 1 aliphatic rings. The minimum Gasteiger partial charge on any atom is -0.423 e. The molecule has 0 spiro atoms. The lowest BCUT2D eigenvalue weighted by Crippen LogP contribution is -2.14. The summed E-state index contributed by atoms with van der Waals surface area (Å²) >= 11 is 0. The van der Waals surface area contributed by atoms with Crippen molar-refractivity contribution in [2.75, 3.05) is 0 Å². The van der Waals surface area contributed by atoms with Gasteiger partial charge in [0, 0.05) is 0 Å². The minimum absolute atomic E-state index is 0.582. The fourth-order valence-corrected chi connectivity index (χ4v) is 1.04. The van der Waals surface area contributed by atoms with Crippen LogP contribution in [-0.4, -0.2) is 17.2 Å². The maximum atomic E-state index is 8.89. The van der Waals surface area contributed by atoms with Gasteiger partial charge in [-0.25, -0.2) is 0 Å². The summed E-state index contributed by atoms with van der Waals surface area (Å²) in [5.74, 6) is 0. The highest BCUT2D eigenvalue weighted by molar-refractivity contribution is 6.52. The summed E-state index contributed by atoms with van der Waals surface area (Å²) in [5.41, 5.74) is 1.49. The molecule has 0 aromatic carbocycles.